The van der Waals surface area contributed by atoms with E-state index >= 15 is 0 Å². The fourth-order valence-electron chi connectivity index (χ4n) is 4.77. The fourth-order valence-corrected chi connectivity index (χ4v) is 5.02. The van der Waals surface area contributed by atoms with Crippen molar-refractivity contribution in [1.29, 1.82) is 0 Å². The number of halogens is 2. The Bertz CT molecular complexity index is 1330. The quantitative estimate of drug-likeness (QED) is 0.407. The first-order valence-electron chi connectivity index (χ1n) is 11.0. The van der Waals surface area contributed by atoms with Crippen LogP contribution in [0.2, 0.25) is 10.0 Å². The molecule has 1 fully saturated rings. The lowest BCUT2D eigenvalue weighted by Gasteiger charge is -2.24. The largest absolute Gasteiger partial charge is 0.324 e. The number of fused-ring (bicyclic) bond motifs is 2. The highest BCUT2D eigenvalue weighted by atomic mass is 35.5. The summed E-state index contributed by atoms with van der Waals surface area (Å²) >= 11 is 12.2. The molecule has 0 bridgehead atoms. The number of rotatable bonds is 3. The third-order valence-corrected chi connectivity index (χ3v) is 7.03. The second kappa shape index (κ2) is 8.11. The number of hydrogen-bond donors (Lipinski definition) is 1. The molecule has 1 saturated heterocycles. The monoisotopic (exact) mass is 491 g/mol. The van der Waals surface area contributed by atoms with Gasteiger partial charge in [0.2, 0.25) is 17.8 Å². The van der Waals surface area contributed by atoms with Crippen molar-refractivity contribution in [2.45, 2.75) is 18.9 Å². The van der Waals surface area contributed by atoms with Crippen molar-refractivity contribution in [3.63, 3.8) is 0 Å². The summed E-state index contributed by atoms with van der Waals surface area (Å²) < 4.78 is 1.69. The van der Waals surface area contributed by atoms with Crippen LogP contribution in [0.4, 0.5) is 11.9 Å². The average molecular weight is 492 g/mol. The molecule has 1 aromatic heterocycles. The lowest BCUT2D eigenvalue weighted by Crippen LogP contribution is -2.32. The van der Waals surface area contributed by atoms with Gasteiger partial charge in [0.1, 0.15) is 6.04 Å². The molecule has 3 aromatic rings. The van der Waals surface area contributed by atoms with Gasteiger partial charge in [-0.05, 0) is 54.3 Å². The van der Waals surface area contributed by atoms with Crippen LogP contribution in [0.15, 0.2) is 66.8 Å². The maximum absolute atomic E-state index is 13.1. The highest BCUT2D eigenvalue weighted by molar-refractivity contribution is 6.30. The van der Waals surface area contributed by atoms with Crippen molar-refractivity contribution in [2.75, 3.05) is 10.2 Å². The maximum Gasteiger partial charge on any atom is 0.260 e. The molecule has 2 aromatic carbocycles. The number of allylic oxidation sites excluding steroid dienone is 3. The second-order valence-corrected chi connectivity index (χ2v) is 9.43. The highest BCUT2D eigenvalue weighted by Crippen LogP contribution is 2.39. The molecule has 1 aliphatic carbocycles. The van der Waals surface area contributed by atoms with E-state index < -0.39 is 0 Å². The molecule has 2 amide bonds. The van der Waals surface area contributed by atoms with Crippen LogP contribution >= 0.6 is 23.2 Å². The Kier molecular flexibility index (Phi) is 5.04. The van der Waals surface area contributed by atoms with Crippen LogP contribution < -0.4 is 10.2 Å². The summed E-state index contributed by atoms with van der Waals surface area (Å²) in [5, 5.41) is 9.19. The number of aromatic nitrogens is 3. The summed E-state index contributed by atoms with van der Waals surface area (Å²) in [5.41, 5.74) is 2.68. The van der Waals surface area contributed by atoms with E-state index in [-0.39, 0.29) is 35.6 Å². The van der Waals surface area contributed by atoms with Gasteiger partial charge in [-0.1, -0.05) is 59.6 Å². The molecule has 0 spiro atoms. The molecule has 34 heavy (non-hydrogen) atoms. The first kappa shape index (κ1) is 21.1. The lowest BCUT2D eigenvalue weighted by molar-refractivity contribution is -0.122. The van der Waals surface area contributed by atoms with Gasteiger partial charge < -0.3 is 5.32 Å². The Hall–Kier alpha value is -3.42. The standard InChI is InChI=1S/C25H19Cl2N5O2/c26-16-9-5-14(6-10-16)20-13-21(15-7-11-17(27)12-8-15)32-24(28-20)29-25(30-32)31-22(33)18-3-1-2-4-19(18)23(31)34/h1-2,5-13,18-19,21H,3-4H2,(H,28,29,30)/t18-,19-,21-/m0/s1. The van der Waals surface area contributed by atoms with Crippen LogP contribution in [0.3, 0.4) is 0 Å². The fraction of sp³-hybridized carbons (Fsp3) is 0.200. The van der Waals surface area contributed by atoms with Gasteiger partial charge in [0.05, 0.1) is 11.8 Å². The minimum absolute atomic E-state index is 0.0941. The van der Waals surface area contributed by atoms with Crippen LogP contribution in [0.1, 0.15) is 30.0 Å². The normalized spacial score (nSPS) is 23.4. The highest BCUT2D eigenvalue weighted by Gasteiger charge is 2.49. The Morgan fingerprint density at radius 3 is 2.06 bits per heavy atom. The average Bonchev–Trinajstić information content (AvgIpc) is 3.38. The predicted molar refractivity (Wildman–Crippen MR) is 131 cm³/mol. The van der Waals surface area contributed by atoms with Crippen molar-refractivity contribution in [3.8, 4) is 0 Å². The van der Waals surface area contributed by atoms with E-state index in [4.69, 9.17) is 23.2 Å². The number of hydrogen-bond acceptors (Lipinski definition) is 5. The Labute approximate surface area is 205 Å². The first-order valence-corrected chi connectivity index (χ1v) is 11.7. The Morgan fingerprint density at radius 2 is 1.44 bits per heavy atom. The summed E-state index contributed by atoms with van der Waals surface area (Å²) in [4.78, 5) is 31.9. The van der Waals surface area contributed by atoms with Gasteiger partial charge in [0.15, 0.2) is 0 Å². The number of nitrogens with zero attached hydrogens (tertiary/aromatic N) is 4. The third-order valence-electron chi connectivity index (χ3n) is 6.53. The molecule has 3 atom stereocenters. The van der Waals surface area contributed by atoms with Gasteiger partial charge in [-0.25, -0.2) is 9.58 Å². The molecule has 2 aliphatic heterocycles. The summed E-state index contributed by atoms with van der Waals surface area (Å²) in [5.74, 6) is -0.637. The van der Waals surface area contributed by atoms with E-state index in [1.165, 1.54) is 0 Å². The van der Waals surface area contributed by atoms with E-state index in [1.807, 2.05) is 66.8 Å². The smallest absolute Gasteiger partial charge is 0.260 e. The number of carbonyl (C=O) groups is 2. The zero-order chi connectivity index (χ0) is 23.4. The molecule has 0 radical (unpaired) electrons. The molecular weight excluding hydrogens is 473 g/mol. The summed E-state index contributed by atoms with van der Waals surface area (Å²) in [6, 6.07) is 14.6. The SMILES string of the molecule is O=C1[C@H]2CC=CC[C@@H]2C(=O)N1c1nc2n(n1)[C@H](c1ccc(Cl)cc1)C=C(c1ccc(Cl)cc1)N2. The molecule has 170 valence electrons. The summed E-state index contributed by atoms with van der Waals surface area (Å²) in [6.45, 7) is 0. The van der Waals surface area contributed by atoms with Gasteiger partial charge in [-0.15, -0.1) is 5.10 Å². The zero-order valence-corrected chi connectivity index (χ0v) is 19.4. The molecule has 3 heterocycles. The molecule has 0 saturated carbocycles. The minimum Gasteiger partial charge on any atom is -0.324 e. The second-order valence-electron chi connectivity index (χ2n) is 8.56. The molecule has 6 rings (SSSR count). The van der Waals surface area contributed by atoms with Gasteiger partial charge in [-0.2, -0.15) is 4.98 Å². The van der Waals surface area contributed by atoms with Crippen LogP contribution in [0.25, 0.3) is 5.70 Å². The number of amides is 2. The van der Waals surface area contributed by atoms with Crippen molar-refractivity contribution in [3.05, 3.63) is 87.9 Å². The lowest BCUT2D eigenvalue weighted by atomic mass is 9.85. The summed E-state index contributed by atoms with van der Waals surface area (Å²) in [6.07, 6.45) is 7.07. The van der Waals surface area contributed by atoms with Crippen molar-refractivity contribution in [1.82, 2.24) is 14.8 Å². The predicted octanol–water partition coefficient (Wildman–Crippen LogP) is 5.10. The van der Waals surface area contributed by atoms with Crippen LogP contribution in [0.5, 0.6) is 0 Å². The van der Waals surface area contributed by atoms with Crippen molar-refractivity contribution >= 4 is 52.6 Å². The van der Waals surface area contributed by atoms with E-state index in [9.17, 15) is 9.59 Å². The molecular formula is C25H19Cl2N5O2. The Morgan fingerprint density at radius 1 is 0.853 bits per heavy atom. The first-order chi connectivity index (χ1) is 16.5. The number of nitrogens with one attached hydrogen (secondary N) is 1. The van der Waals surface area contributed by atoms with Crippen LogP contribution in [-0.4, -0.2) is 26.6 Å². The van der Waals surface area contributed by atoms with Gasteiger partial charge >= 0.3 is 0 Å². The molecule has 3 aliphatic rings. The van der Waals surface area contributed by atoms with E-state index in [0.29, 0.717) is 28.8 Å². The minimum atomic E-state index is -0.346. The third kappa shape index (κ3) is 3.43. The van der Waals surface area contributed by atoms with Crippen LogP contribution in [-0.2, 0) is 9.59 Å². The van der Waals surface area contributed by atoms with E-state index in [0.717, 1.165) is 21.7 Å². The van der Waals surface area contributed by atoms with Gasteiger partial charge in [0, 0.05) is 15.7 Å². The topological polar surface area (TPSA) is 80.1 Å². The molecule has 7 nitrogen and oxygen atoms in total. The number of carbonyl (C=O) groups excluding carboxylic acids is 2. The van der Waals surface area contributed by atoms with E-state index in [1.54, 1.807) is 4.68 Å². The Balaban J connectivity index is 1.42. The summed E-state index contributed by atoms with van der Waals surface area (Å²) in [7, 11) is 0. The van der Waals surface area contributed by atoms with Crippen molar-refractivity contribution < 1.29 is 9.59 Å². The number of imide groups is 1. The van der Waals surface area contributed by atoms with Gasteiger partial charge in [-0.3, -0.25) is 9.59 Å². The number of anilines is 2. The zero-order valence-electron chi connectivity index (χ0n) is 17.9. The maximum atomic E-state index is 13.1. The van der Waals surface area contributed by atoms with Crippen LogP contribution in [0, 0.1) is 11.8 Å². The number of benzene rings is 2. The van der Waals surface area contributed by atoms with Crippen molar-refractivity contribution in [2.24, 2.45) is 11.8 Å². The molecule has 1 N–H and O–H groups in total. The van der Waals surface area contributed by atoms with Gasteiger partial charge in [0.25, 0.3) is 5.95 Å². The molecule has 9 heteroatoms. The molecule has 0 unspecified atom stereocenters. The van der Waals surface area contributed by atoms with E-state index in [2.05, 4.69) is 15.4 Å².